The number of halogens is 3. The first kappa shape index (κ1) is 22.6. The van der Waals surface area contributed by atoms with Crippen LogP contribution in [0.15, 0.2) is 27.7 Å². The van der Waals surface area contributed by atoms with E-state index in [1.807, 2.05) is 12.1 Å². The Hall–Kier alpha value is -0.450. The van der Waals surface area contributed by atoms with E-state index in [0.717, 1.165) is 70.4 Å². The van der Waals surface area contributed by atoms with Crippen molar-refractivity contribution in [2.24, 2.45) is 4.99 Å². The Bertz CT molecular complexity index is 541. The zero-order valence-electron chi connectivity index (χ0n) is 14.6. The Morgan fingerprint density at radius 3 is 2.76 bits per heavy atom. The second-order valence-corrected chi connectivity index (χ2v) is 6.49. The lowest BCUT2D eigenvalue weighted by Crippen LogP contribution is -2.40. The number of morpholine rings is 1. The van der Waals surface area contributed by atoms with Gasteiger partial charge in [-0.05, 0) is 47.0 Å². The van der Waals surface area contributed by atoms with E-state index in [-0.39, 0.29) is 29.8 Å². The molecule has 1 aliphatic rings. The Balaban J connectivity index is 0.00000312. The van der Waals surface area contributed by atoms with Crippen LogP contribution in [0.4, 0.5) is 4.39 Å². The molecule has 2 N–H and O–H groups in total. The number of rotatable bonds is 7. The predicted octanol–water partition coefficient (Wildman–Crippen LogP) is 2.64. The first-order valence-corrected chi connectivity index (χ1v) is 9.24. The summed E-state index contributed by atoms with van der Waals surface area (Å²) in [5, 5.41) is 6.58. The molecule has 0 amide bonds. The first-order valence-electron chi connectivity index (χ1n) is 8.45. The van der Waals surface area contributed by atoms with Gasteiger partial charge < -0.3 is 15.4 Å². The molecule has 0 atom stereocenters. The van der Waals surface area contributed by atoms with Crippen molar-refractivity contribution >= 4 is 45.9 Å². The molecule has 0 aliphatic carbocycles. The third kappa shape index (κ3) is 8.65. The minimum atomic E-state index is -0.232. The molecule has 1 aromatic rings. The van der Waals surface area contributed by atoms with Gasteiger partial charge in [0.1, 0.15) is 5.82 Å². The molecule has 1 saturated heterocycles. The van der Waals surface area contributed by atoms with Crippen LogP contribution in [0, 0.1) is 5.82 Å². The van der Waals surface area contributed by atoms with Crippen LogP contribution >= 0.6 is 39.9 Å². The van der Waals surface area contributed by atoms with Crippen molar-refractivity contribution < 1.29 is 9.13 Å². The molecular formula is C17H27BrFIN4O. The predicted molar refractivity (Wildman–Crippen MR) is 114 cm³/mol. The third-order valence-electron chi connectivity index (χ3n) is 3.82. The molecule has 0 spiro atoms. The summed E-state index contributed by atoms with van der Waals surface area (Å²) >= 11 is 3.22. The summed E-state index contributed by atoms with van der Waals surface area (Å²) in [5.41, 5.74) is 1.08. The van der Waals surface area contributed by atoms with Gasteiger partial charge in [0.15, 0.2) is 5.96 Å². The lowest BCUT2D eigenvalue weighted by molar-refractivity contribution is 0.0394. The Kier molecular flexibility index (Phi) is 11.6. The van der Waals surface area contributed by atoms with Gasteiger partial charge in [0.05, 0.1) is 24.2 Å². The van der Waals surface area contributed by atoms with Crippen LogP contribution in [0.2, 0.25) is 0 Å². The average molecular weight is 529 g/mol. The van der Waals surface area contributed by atoms with Crippen molar-refractivity contribution in [2.45, 2.75) is 13.3 Å². The smallest absolute Gasteiger partial charge is 0.191 e. The van der Waals surface area contributed by atoms with Gasteiger partial charge in [0.25, 0.3) is 0 Å². The highest BCUT2D eigenvalue weighted by Crippen LogP contribution is 2.16. The molecule has 1 fully saturated rings. The van der Waals surface area contributed by atoms with Gasteiger partial charge in [-0.3, -0.25) is 9.89 Å². The molecule has 8 heteroatoms. The monoisotopic (exact) mass is 528 g/mol. The molecule has 142 valence electrons. The summed E-state index contributed by atoms with van der Waals surface area (Å²) in [6.07, 6.45) is 0.812. The fourth-order valence-electron chi connectivity index (χ4n) is 2.49. The maximum absolute atomic E-state index is 13.2. The highest BCUT2D eigenvalue weighted by Gasteiger charge is 2.09. The topological polar surface area (TPSA) is 48.9 Å². The van der Waals surface area contributed by atoms with Crippen molar-refractivity contribution in [3.63, 3.8) is 0 Å². The quantitative estimate of drug-likeness (QED) is 0.324. The van der Waals surface area contributed by atoms with Crippen molar-refractivity contribution in [3.05, 3.63) is 34.1 Å². The largest absolute Gasteiger partial charge is 0.379 e. The highest BCUT2D eigenvalue weighted by atomic mass is 127. The number of benzene rings is 1. The second-order valence-electron chi connectivity index (χ2n) is 5.64. The first-order chi connectivity index (χ1) is 11.7. The van der Waals surface area contributed by atoms with Gasteiger partial charge in [0, 0.05) is 32.7 Å². The standard InChI is InChI=1S/C17H26BrFN4O.HI/c1-2-20-17(22-7-8-23-9-11-24-12-10-23)21-6-5-14-3-4-16(19)15(18)13-14;/h3-4,13H,2,5-12H2,1H3,(H2,20,21,22);1H. The zero-order chi connectivity index (χ0) is 17.2. The molecule has 0 bridgehead atoms. The minimum Gasteiger partial charge on any atom is -0.379 e. The van der Waals surface area contributed by atoms with Gasteiger partial charge in [0.2, 0.25) is 0 Å². The molecule has 1 heterocycles. The number of hydrogen-bond acceptors (Lipinski definition) is 3. The maximum atomic E-state index is 13.2. The number of ether oxygens (including phenoxy) is 1. The Morgan fingerprint density at radius 1 is 1.32 bits per heavy atom. The van der Waals surface area contributed by atoms with E-state index >= 15 is 0 Å². The number of hydrogen-bond donors (Lipinski definition) is 2. The van der Waals surface area contributed by atoms with Gasteiger partial charge >= 0.3 is 0 Å². The molecule has 0 unspecified atom stereocenters. The van der Waals surface area contributed by atoms with E-state index in [1.165, 1.54) is 6.07 Å². The van der Waals surface area contributed by atoms with E-state index in [2.05, 4.69) is 43.4 Å². The number of guanidine groups is 1. The molecular weight excluding hydrogens is 502 g/mol. The minimum absolute atomic E-state index is 0. The molecule has 0 radical (unpaired) electrons. The Morgan fingerprint density at radius 2 is 2.08 bits per heavy atom. The van der Waals surface area contributed by atoms with Crippen molar-refractivity contribution in [2.75, 3.05) is 52.5 Å². The maximum Gasteiger partial charge on any atom is 0.191 e. The third-order valence-corrected chi connectivity index (χ3v) is 4.43. The van der Waals surface area contributed by atoms with Gasteiger partial charge in [-0.25, -0.2) is 4.39 Å². The van der Waals surface area contributed by atoms with Crippen LogP contribution in [-0.2, 0) is 11.2 Å². The highest BCUT2D eigenvalue weighted by molar-refractivity contribution is 14.0. The molecule has 1 aliphatic heterocycles. The molecule has 25 heavy (non-hydrogen) atoms. The number of aliphatic imine (C=N–C) groups is 1. The van der Waals surface area contributed by atoms with E-state index in [4.69, 9.17) is 4.74 Å². The van der Waals surface area contributed by atoms with Crippen LogP contribution in [0.3, 0.4) is 0 Å². The van der Waals surface area contributed by atoms with Crippen molar-refractivity contribution in [3.8, 4) is 0 Å². The van der Waals surface area contributed by atoms with E-state index in [0.29, 0.717) is 4.47 Å². The van der Waals surface area contributed by atoms with Crippen LogP contribution < -0.4 is 10.6 Å². The van der Waals surface area contributed by atoms with Gasteiger partial charge in [-0.2, -0.15) is 0 Å². The number of nitrogens with zero attached hydrogens (tertiary/aromatic N) is 2. The Labute approximate surface area is 174 Å². The molecule has 0 saturated carbocycles. The second kappa shape index (κ2) is 12.8. The van der Waals surface area contributed by atoms with Crippen molar-refractivity contribution in [1.29, 1.82) is 0 Å². The molecule has 0 aromatic heterocycles. The molecule has 2 rings (SSSR count). The zero-order valence-corrected chi connectivity index (χ0v) is 18.5. The van der Waals surface area contributed by atoms with Crippen LogP contribution in [0.25, 0.3) is 0 Å². The fourth-order valence-corrected chi connectivity index (χ4v) is 2.92. The van der Waals surface area contributed by atoms with E-state index in [9.17, 15) is 4.39 Å². The molecule has 5 nitrogen and oxygen atoms in total. The lowest BCUT2D eigenvalue weighted by atomic mass is 10.1. The van der Waals surface area contributed by atoms with Crippen LogP contribution in [-0.4, -0.2) is 63.3 Å². The molecule has 1 aromatic carbocycles. The van der Waals surface area contributed by atoms with E-state index in [1.54, 1.807) is 0 Å². The van der Waals surface area contributed by atoms with Gasteiger partial charge in [-0.1, -0.05) is 6.07 Å². The lowest BCUT2D eigenvalue weighted by Gasteiger charge is -2.25. The van der Waals surface area contributed by atoms with Crippen LogP contribution in [0.5, 0.6) is 0 Å². The summed E-state index contributed by atoms with van der Waals surface area (Å²) < 4.78 is 19.1. The summed E-state index contributed by atoms with van der Waals surface area (Å²) in [7, 11) is 0. The summed E-state index contributed by atoms with van der Waals surface area (Å²) in [5.74, 6) is 0.594. The summed E-state index contributed by atoms with van der Waals surface area (Å²) in [6, 6.07) is 5.12. The summed E-state index contributed by atoms with van der Waals surface area (Å²) in [6.45, 7) is 8.94. The van der Waals surface area contributed by atoms with E-state index < -0.39 is 0 Å². The summed E-state index contributed by atoms with van der Waals surface area (Å²) in [4.78, 5) is 6.98. The van der Waals surface area contributed by atoms with Crippen molar-refractivity contribution in [1.82, 2.24) is 15.5 Å². The number of nitrogens with one attached hydrogen (secondary N) is 2. The van der Waals surface area contributed by atoms with Crippen LogP contribution in [0.1, 0.15) is 12.5 Å². The fraction of sp³-hybridized carbons (Fsp3) is 0.588. The average Bonchev–Trinajstić information content (AvgIpc) is 2.59. The normalized spacial score (nSPS) is 15.6. The SMILES string of the molecule is CCNC(=NCCN1CCOCC1)NCCc1ccc(F)c(Br)c1.I. The van der Waals surface area contributed by atoms with Gasteiger partial charge in [-0.15, -0.1) is 24.0 Å².